The van der Waals surface area contributed by atoms with Crippen LogP contribution in [0.3, 0.4) is 0 Å². The minimum Gasteiger partial charge on any atom is -0.443 e. The molecular weight excluding hydrogens is 230 g/mol. The topological polar surface area (TPSA) is 72.6 Å². The minimum atomic E-state index is -0.742. The van der Waals surface area contributed by atoms with Crippen molar-refractivity contribution in [2.24, 2.45) is 22.0 Å². The van der Waals surface area contributed by atoms with E-state index in [1.165, 1.54) is 0 Å². The summed E-state index contributed by atoms with van der Waals surface area (Å²) < 4.78 is 5.39. The van der Waals surface area contributed by atoms with Gasteiger partial charge in [0.25, 0.3) is 0 Å². The van der Waals surface area contributed by atoms with Gasteiger partial charge in [0.15, 0.2) is 0 Å². The lowest BCUT2D eigenvalue weighted by Gasteiger charge is -2.53. The third-order valence-corrected chi connectivity index (χ3v) is 5.58. The van der Waals surface area contributed by atoms with Gasteiger partial charge < -0.3 is 15.6 Å². The Balaban J connectivity index is 3.26. The summed E-state index contributed by atoms with van der Waals surface area (Å²) in [5.74, 6) is 0. The molecule has 1 rings (SSSR count). The maximum atomic E-state index is 11.1. The smallest absolute Gasteiger partial charge is 0.405 e. The molecule has 0 bridgehead atoms. The van der Waals surface area contributed by atoms with Gasteiger partial charge >= 0.3 is 6.09 Å². The van der Waals surface area contributed by atoms with Crippen LogP contribution in [0.5, 0.6) is 0 Å². The molecule has 18 heavy (non-hydrogen) atoms. The quantitative estimate of drug-likeness (QED) is 0.798. The maximum absolute atomic E-state index is 11.1. The maximum Gasteiger partial charge on any atom is 0.405 e. The summed E-state index contributed by atoms with van der Waals surface area (Å²) in [6.45, 7) is 12.5. The molecule has 0 saturated heterocycles. The molecule has 106 valence electrons. The summed E-state index contributed by atoms with van der Waals surface area (Å²) in [5, 5.41) is 9.98. The van der Waals surface area contributed by atoms with Crippen LogP contribution in [0.15, 0.2) is 0 Å². The molecule has 3 N–H and O–H groups in total. The number of nitrogens with two attached hydrogens (primary N) is 1. The number of aliphatic hydroxyl groups excluding tert-OH is 1. The van der Waals surface area contributed by atoms with Crippen molar-refractivity contribution in [1.82, 2.24) is 0 Å². The first kappa shape index (κ1) is 15.3. The Kier molecular flexibility index (Phi) is 3.50. The van der Waals surface area contributed by atoms with Gasteiger partial charge in [0.05, 0.1) is 0 Å². The van der Waals surface area contributed by atoms with E-state index in [1.54, 1.807) is 0 Å². The van der Waals surface area contributed by atoms with Crippen molar-refractivity contribution in [3.05, 3.63) is 0 Å². The van der Waals surface area contributed by atoms with E-state index in [0.29, 0.717) is 0 Å². The van der Waals surface area contributed by atoms with Crippen molar-refractivity contribution >= 4 is 6.09 Å². The Morgan fingerprint density at radius 2 is 1.78 bits per heavy atom. The first-order valence-corrected chi connectivity index (χ1v) is 6.53. The summed E-state index contributed by atoms with van der Waals surface area (Å²) >= 11 is 0. The van der Waals surface area contributed by atoms with Crippen molar-refractivity contribution in [1.29, 1.82) is 0 Å². The number of carbonyl (C=O) groups excluding carboxylic acids is 1. The average Bonchev–Trinajstić information content (AvgIpc) is 2.33. The Morgan fingerprint density at radius 1 is 1.28 bits per heavy atom. The lowest BCUT2D eigenvalue weighted by Crippen LogP contribution is -2.55. The zero-order valence-electron chi connectivity index (χ0n) is 12.5. The molecule has 1 fully saturated rings. The first-order chi connectivity index (χ1) is 7.93. The van der Waals surface area contributed by atoms with Gasteiger partial charge in [-0.05, 0) is 25.2 Å². The molecule has 1 aliphatic carbocycles. The van der Waals surface area contributed by atoms with E-state index in [9.17, 15) is 9.90 Å². The predicted molar refractivity (Wildman–Crippen MR) is 71.1 cm³/mol. The fourth-order valence-electron chi connectivity index (χ4n) is 3.81. The third kappa shape index (κ3) is 1.81. The monoisotopic (exact) mass is 257 g/mol. The second-order valence-corrected chi connectivity index (χ2v) is 7.27. The van der Waals surface area contributed by atoms with E-state index in [0.717, 1.165) is 12.8 Å². The van der Waals surface area contributed by atoms with Gasteiger partial charge in [-0.15, -0.1) is 0 Å². The summed E-state index contributed by atoms with van der Waals surface area (Å²) in [4.78, 5) is 11.1. The normalized spacial score (nSPS) is 35.5. The van der Waals surface area contributed by atoms with Gasteiger partial charge in [-0.2, -0.15) is 0 Å². The van der Waals surface area contributed by atoms with Crippen molar-refractivity contribution < 1.29 is 14.6 Å². The minimum absolute atomic E-state index is 0.0793. The van der Waals surface area contributed by atoms with Crippen LogP contribution in [0, 0.1) is 16.2 Å². The molecule has 0 radical (unpaired) electrons. The van der Waals surface area contributed by atoms with Crippen LogP contribution in [0.1, 0.15) is 54.4 Å². The van der Waals surface area contributed by atoms with Crippen molar-refractivity contribution in [3.63, 3.8) is 0 Å². The molecular formula is C14H27NO3. The molecule has 1 amide bonds. The van der Waals surface area contributed by atoms with E-state index in [-0.39, 0.29) is 22.9 Å². The molecule has 1 saturated carbocycles. The third-order valence-electron chi connectivity index (χ3n) is 5.58. The van der Waals surface area contributed by atoms with E-state index in [1.807, 2.05) is 6.92 Å². The zero-order chi connectivity index (χ0) is 14.4. The number of ether oxygens (including phenoxy) is 1. The van der Waals surface area contributed by atoms with Gasteiger partial charge in [-0.25, -0.2) is 4.79 Å². The van der Waals surface area contributed by atoms with Crippen molar-refractivity contribution in [3.8, 4) is 0 Å². The van der Waals surface area contributed by atoms with E-state index >= 15 is 0 Å². The Hall–Kier alpha value is -0.770. The van der Waals surface area contributed by atoms with Gasteiger partial charge in [0.1, 0.15) is 5.60 Å². The number of rotatable bonds is 2. The van der Waals surface area contributed by atoms with Gasteiger partial charge in [0.2, 0.25) is 0 Å². The average molecular weight is 257 g/mol. The second kappa shape index (κ2) is 4.12. The highest BCUT2D eigenvalue weighted by molar-refractivity contribution is 5.65. The fourth-order valence-corrected chi connectivity index (χ4v) is 3.81. The molecule has 0 unspecified atom stereocenters. The lowest BCUT2D eigenvalue weighted by atomic mass is 9.53. The molecule has 4 nitrogen and oxygen atoms in total. The number of amides is 1. The second-order valence-electron chi connectivity index (χ2n) is 7.27. The molecule has 1 aliphatic rings. The summed E-state index contributed by atoms with van der Waals surface area (Å²) in [6, 6.07) is 0. The van der Waals surface area contributed by atoms with Gasteiger partial charge in [-0.1, -0.05) is 34.6 Å². The molecule has 0 heterocycles. The largest absolute Gasteiger partial charge is 0.443 e. The van der Waals surface area contributed by atoms with E-state index in [2.05, 4.69) is 34.6 Å². The summed E-state index contributed by atoms with van der Waals surface area (Å²) in [5.41, 5.74) is 3.85. The van der Waals surface area contributed by atoms with Crippen LogP contribution < -0.4 is 5.73 Å². The highest BCUT2D eigenvalue weighted by Gasteiger charge is 2.66. The molecule has 4 heteroatoms. The van der Waals surface area contributed by atoms with Crippen molar-refractivity contribution in [2.45, 2.75) is 60.0 Å². The van der Waals surface area contributed by atoms with Crippen LogP contribution in [-0.4, -0.2) is 23.4 Å². The molecule has 0 aliphatic heterocycles. The Labute approximate surface area is 110 Å². The van der Waals surface area contributed by atoms with Crippen LogP contribution >= 0.6 is 0 Å². The van der Waals surface area contributed by atoms with Gasteiger partial charge in [0, 0.05) is 17.4 Å². The molecule has 0 aromatic carbocycles. The van der Waals surface area contributed by atoms with Gasteiger partial charge in [-0.3, -0.25) is 0 Å². The van der Waals surface area contributed by atoms with Crippen LogP contribution in [-0.2, 0) is 4.74 Å². The molecule has 2 atom stereocenters. The first-order valence-electron chi connectivity index (χ1n) is 6.53. The molecule has 0 spiro atoms. The zero-order valence-corrected chi connectivity index (χ0v) is 12.5. The fraction of sp³-hybridized carbons (Fsp3) is 0.929. The highest BCUT2D eigenvalue weighted by atomic mass is 16.6. The standard InChI is InChI=1S/C14H27NO3/c1-11(2,3)14(9-16)8-7-13(6,12(14,4)5)18-10(15)17/h16H,7-9H2,1-6H3,(H2,15,17)/t13-,14+/m0/s1. The lowest BCUT2D eigenvalue weighted by molar-refractivity contribution is -0.134. The number of hydrogen-bond acceptors (Lipinski definition) is 3. The van der Waals surface area contributed by atoms with Crippen LogP contribution in [0.25, 0.3) is 0 Å². The van der Waals surface area contributed by atoms with Crippen molar-refractivity contribution in [2.75, 3.05) is 6.61 Å². The number of aliphatic hydroxyl groups is 1. The predicted octanol–water partition coefficient (Wildman–Crippen LogP) is 2.69. The Morgan fingerprint density at radius 3 is 2.06 bits per heavy atom. The number of carbonyl (C=O) groups is 1. The number of primary amides is 1. The SMILES string of the molecule is CC(C)(C)[C@]1(CO)CC[C@](C)(OC(N)=O)C1(C)C. The summed E-state index contributed by atoms with van der Waals surface area (Å²) in [7, 11) is 0. The number of hydrogen-bond donors (Lipinski definition) is 2. The molecule has 0 aromatic rings. The Bertz CT molecular complexity index is 345. The summed E-state index contributed by atoms with van der Waals surface area (Å²) in [6.07, 6.45) is 0.804. The highest BCUT2D eigenvalue weighted by Crippen LogP contribution is 2.65. The van der Waals surface area contributed by atoms with Crippen LogP contribution in [0.2, 0.25) is 0 Å². The van der Waals surface area contributed by atoms with Crippen LogP contribution in [0.4, 0.5) is 4.79 Å². The van der Waals surface area contributed by atoms with E-state index < -0.39 is 11.7 Å². The molecule has 0 aromatic heterocycles. The van der Waals surface area contributed by atoms with E-state index in [4.69, 9.17) is 10.5 Å².